The van der Waals surface area contributed by atoms with E-state index in [1.165, 1.54) is 12.0 Å². The molecule has 1 atom stereocenters. The van der Waals surface area contributed by atoms with Crippen LogP contribution in [0.15, 0.2) is 48.5 Å². The maximum absolute atomic E-state index is 13.6. The van der Waals surface area contributed by atoms with E-state index in [-0.39, 0.29) is 18.5 Å². The minimum absolute atomic E-state index is 0.0674. The Balaban J connectivity index is 1.87. The van der Waals surface area contributed by atoms with Gasteiger partial charge in [0, 0.05) is 17.6 Å². The first-order valence-electron chi connectivity index (χ1n) is 12.0. The second kappa shape index (κ2) is 12.5. The SMILES string of the molecule is COc1ccc(N(CC(=O)N(Cc2ccccc2Cl)[C@@H](C)C(=O)NC2CCCCC2)S(C)(=O)=O)cc1. The second-order valence-corrected chi connectivity index (χ2v) is 11.4. The average Bonchev–Trinajstić information content (AvgIpc) is 2.86. The van der Waals surface area contributed by atoms with Gasteiger partial charge in [-0.15, -0.1) is 0 Å². The lowest BCUT2D eigenvalue weighted by Gasteiger charge is -2.33. The van der Waals surface area contributed by atoms with Crippen molar-refractivity contribution in [2.75, 3.05) is 24.2 Å². The van der Waals surface area contributed by atoms with Gasteiger partial charge in [0.05, 0.1) is 19.1 Å². The summed E-state index contributed by atoms with van der Waals surface area (Å²) in [7, 11) is -2.28. The minimum atomic E-state index is -3.80. The molecule has 1 N–H and O–H groups in total. The molecule has 0 unspecified atom stereocenters. The molecular formula is C26H34ClN3O5S. The van der Waals surface area contributed by atoms with E-state index in [9.17, 15) is 18.0 Å². The normalized spacial score (nSPS) is 15.1. The maximum Gasteiger partial charge on any atom is 0.244 e. The fourth-order valence-corrected chi connectivity index (χ4v) is 5.37. The molecule has 10 heteroatoms. The van der Waals surface area contributed by atoms with Gasteiger partial charge in [0.15, 0.2) is 0 Å². The van der Waals surface area contributed by atoms with Gasteiger partial charge in [0.2, 0.25) is 21.8 Å². The van der Waals surface area contributed by atoms with E-state index < -0.39 is 28.5 Å². The summed E-state index contributed by atoms with van der Waals surface area (Å²) in [5.74, 6) is -0.216. The lowest BCUT2D eigenvalue weighted by atomic mass is 9.95. The van der Waals surface area contributed by atoms with Crippen LogP contribution < -0.4 is 14.4 Å². The topological polar surface area (TPSA) is 96.0 Å². The Bertz CT molecular complexity index is 1150. The fourth-order valence-electron chi connectivity index (χ4n) is 4.32. The zero-order valence-corrected chi connectivity index (χ0v) is 22.5. The Labute approximate surface area is 218 Å². The zero-order chi connectivity index (χ0) is 26.3. The first-order valence-corrected chi connectivity index (χ1v) is 14.3. The van der Waals surface area contributed by atoms with Crippen LogP contribution in [0.2, 0.25) is 5.02 Å². The molecular weight excluding hydrogens is 502 g/mol. The number of sulfonamides is 1. The van der Waals surface area contributed by atoms with Crippen molar-refractivity contribution < 1.29 is 22.7 Å². The van der Waals surface area contributed by atoms with Gasteiger partial charge in [-0.05, 0) is 55.7 Å². The van der Waals surface area contributed by atoms with E-state index in [0.717, 1.165) is 42.7 Å². The number of carbonyl (C=O) groups excluding carboxylic acids is 2. The first-order chi connectivity index (χ1) is 17.1. The summed E-state index contributed by atoms with van der Waals surface area (Å²) in [6.45, 7) is 1.26. The number of anilines is 1. The number of nitrogens with zero attached hydrogens (tertiary/aromatic N) is 2. The first kappa shape index (κ1) is 27.8. The maximum atomic E-state index is 13.6. The van der Waals surface area contributed by atoms with Crippen molar-refractivity contribution in [2.45, 2.75) is 57.7 Å². The number of hydrogen-bond acceptors (Lipinski definition) is 5. The highest BCUT2D eigenvalue weighted by molar-refractivity contribution is 7.92. The summed E-state index contributed by atoms with van der Waals surface area (Å²) in [5, 5.41) is 3.53. The Kier molecular flexibility index (Phi) is 9.62. The summed E-state index contributed by atoms with van der Waals surface area (Å²) in [6, 6.07) is 12.7. The highest BCUT2D eigenvalue weighted by Gasteiger charge is 2.31. The monoisotopic (exact) mass is 535 g/mol. The molecule has 2 aromatic carbocycles. The molecule has 0 aromatic heterocycles. The molecule has 0 bridgehead atoms. The van der Waals surface area contributed by atoms with Gasteiger partial charge in [-0.2, -0.15) is 0 Å². The van der Waals surface area contributed by atoms with Crippen LogP contribution in [0.1, 0.15) is 44.6 Å². The highest BCUT2D eigenvalue weighted by atomic mass is 35.5. The number of nitrogens with one attached hydrogen (secondary N) is 1. The van der Waals surface area contributed by atoms with Crippen LogP contribution in [0.4, 0.5) is 5.69 Å². The van der Waals surface area contributed by atoms with Gasteiger partial charge in [-0.3, -0.25) is 13.9 Å². The molecule has 0 saturated heterocycles. The van der Waals surface area contributed by atoms with Gasteiger partial charge in [-0.25, -0.2) is 8.42 Å². The van der Waals surface area contributed by atoms with Crippen LogP contribution in [0.5, 0.6) is 5.75 Å². The molecule has 2 amide bonds. The molecule has 196 valence electrons. The van der Waals surface area contributed by atoms with Crippen LogP contribution in [0, 0.1) is 0 Å². The fraction of sp³-hybridized carbons (Fsp3) is 0.462. The third-order valence-electron chi connectivity index (χ3n) is 6.46. The minimum Gasteiger partial charge on any atom is -0.497 e. The number of ether oxygens (including phenoxy) is 1. The molecule has 36 heavy (non-hydrogen) atoms. The Hall–Kier alpha value is -2.78. The summed E-state index contributed by atoms with van der Waals surface area (Å²) >= 11 is 6.36. The third-order valence-corrected chi connectivity index (χ3v) is 7.97. The van der Waals surface area contributed by atoms with Gasteiger partial charge in [0.1, 0.15) is 18.3 Å². The van der Waals surface area contributed by atoms with Crippen LogP contribution in [0.3, 0.4) is 0 Å². The second-order valence-electron chi connectivity index (χ2n) is 9.10. The lowest BCUT2D eigenvalue weighted by Crippen LogP contribution is -2.53. The lowest BCUT2D eigenvalue weighted by molar-refractivity contribution is -0.139. The van der Waals surface area contributed by atoms with Gasteiger partial charge >= 0.3 is 0 Å². The molecule has 1 aliphatic carbocycles. The molecule has 1 fully saturated rings. The molecule has 8 nitrogen and oxygen atoms in total. The van der Waals surface area contributed by atoms with Gasteiger partial charge < -0.3 is 15.0 Å². The number of benzene rings is 2. The van der Waals surface area contributed by atoms with Crippen LogP contribution in [-0.2, 0) is 26.2 Å². The number of rotatable bonds is 10. The number of halogens is 1. The molecule has 3 rings (SSSR count). The van der Waals surface area contributed by atoms with E-state index in [1.807, 2.05) is 0 Å². The standard InChI is InChI=1S/C26H34ClN3O5S/c1-19(26(32)28-21-10-5-4-6-11-21)29(17-20-9-7-8-12-24(20)27)25(31)18-30(36(3,33)34)22-13-15-23(35-2)16-14-22/h7-9,12-16,19,21H,4-6,10-11,17-18H2,1-3H3,(H,28,32)/t19-/m0/s1. The van der Waals surface area contributed by atoms with Crippen molar-refractivity contribution in [1.29, 1.82) is 0 Å². The van der Waals surface area contributed by atoms with E-state index in [0.29, 0.717) is 22.0 Å². The number of methoxy groups -OCH3 is 1. The van der Waals surface area contributed by atoms with Crippen molar-refractivity contribution in [1.82, 2.24) is 10.2 Å². The quantitative estimate of drug-likeness (QED) is 0.496. The zero-order valence-electron chi connectivity index (χ0n) is 20.9. The summed E-state index contributed by atoms with van der Waals surface area (Å²) < 4.78 is 31.5. The molecule has 0 heterocycles. The van der Waals surface area contributed by atoms with E-state index in [2.05, 4.69) is 5.32 Å². The van der Waals surface area contributed by atoms with Gasteiger partial charge in [0.25, 0.3) is 0 Å². The summed E-state index contributed by atoms with van der Waals surface area (Å²) in [5.41, 5.74) is 0.990. The van der Waals surface area contributed by atoms with Crippen molar-refractivity contribution in [3.63, 3.8) is 0 Å². The predicted molar refractivity (Wildman–Crippen MR) is 142 cm³/mol. The number of hydrogen-bond donors (Lipinski definition) is 1. The molecule has 0 radical (unpaired) electrons. The van der Waals surface area contributed by atoms with E-state index >= 15 is 0 Å². The van der Waals surface area contributed by atoms with Crippen molar-refractivity contribution in [3.05, 3.63) is 59.1 Å². The van der Waals surface area contributed by atoms with Crippen LogP contribution >= 0.6 is 11.6 Å². The van der Waals surface area contributed by atoms with E-state index in [4.69, 9.17) is 16.3 Å². The predicted octanol–water partition coefficient (Wildman–Crippen LogP) is 3.98. The third kappa shape index (κ3) is 7.36. The smallest absolute Gasteiger partial charge is 0.244 e. The summed E-state index contributed by atoms with van der Waals surface area (Å²) in [6.07, 6.45) is 6.15. The van der Waals surface area contributed by atoms with Gasteiger partial charge in [-0.1, -0.05) is 49.1 Å². The Morgan fingerprint density at radius 2 is 1.72 bits per heavy atom. The van der Waals surface area contributed by atoms with E-state index in [1.54, 1.807) is 55.5 Å². The summed E-state index contributed by atoms with van der Waals surface area (Å²) in [4.78, 5) is 28.2. The average molecular weight is 536 g/mol. The molecule has 2 aromatic rings. The Morgan fingerprint density at radius 3 is 2.31 bits per heavy atom. The number of carbonyl (C=O) groups is 2. The molecule has 0 aliphatic heterocycles. The van der Waals surface area contributed by atoms with Crippen LogP contribution in [0.25, 0.3) is 0 Å². The molecule has 1 aliphatic rings. The molecule has 1 saturated carbocycles. The van der Waals surface area contributed by atoms with Crippen molar-refractivity contribution in [3.8, 4) is 5.75 Å². The highest BCUT2D eigenvalue weighted by Crippen LogP contribution is 2.24. The van der Waals surface area contributed by atoms with Crippen LogP contribution in [-0.4, -0.2) is 57.1 Å². The van der Waals surface area contributed by atoms with Crippen molar-refractivity contribution >= 4 is 39.1 Å². The number of amides is 2. The Morgan fingerprint density at radius 1 is 1.08 bits per heavy atom. The van der Waals surface area contributed by atoms with Crippen molar-refractivity contribution in [2.24, 2.45) is 0 Å². The molecule has 0 spiro atoms. The largest absolute Gasteiger partial charge is 0.497 e.